The molecule has 0 saturated carbocycles. The quantitative estimate of drug-likeness (QED) is 0.575. The maximum Gasteiger partial charge on any atom is 0.309 e. The fourth-order valence-electron chi connectivity index (χ4n) is 1.40. The third-order valence-corrected chi connectivity index (χ3v) is 2.14. The average molecular weight is 169 g/mol. The minimum Gasteiger partial charge on any atom is -0.344 e. The molecule has 67 valence electrons. The molecule has 0 aromatic heterocycles. The van der Waals surface area contributed by atoms with Crippen LogP contribution in [-0.4, -0.2) is 36.9 Å². The Bertz CT molecular complexity index is 182. The molecule has 2 amide bonds. The molecule has 4 nitrogen and oxygen atoms in total. The van der Waals surface area contributed by atoms with E-state index >= 15 is 0 Å². The van der Waals surface area contributed by atoms with Crippen LogP contribution in [0.1, 0.15) is 19.3 Å². The van der Waals surface area contributed by atoms with E-state index in [9.17, 15) is 9.59 Å². The van der Waals surface area contributed by atoms with E-state index in [1.54, 1.807) is 18.4 Å². The van der Waals surface area contributed by atoms with Crippen molar-refractivity contribution < 1.29 is 9.59 Å². The highest BCUT2D eigenvalue weighted by molar-refractivity contribution is 5.83. The number of rotatable bonds is 2. The second-order valence-electron chi connectivity index (χ2n) is 3.05. The summed E-state index contributed by atoms with van der Waals surface area (Å²) in [4.78, 5) is 23.1. The van der Waals surface area contributed by atoms with Gasteiger partial charge in [-0.15, -0.1) is 0 Å². The van der Waals surface area contributed by atoms with E-state index in [-0.39, 0.29) is 11.9 Å². The summed E-state index contributed by atoms with van der Waals surface area (Å²) in [5, 5.41) is 2.41. The molecule has 0 spiro atoms. The second kappa shape index (κ2) is 4.09. The summed E-state index contributed by atoms with van der Waals surface area (Å²) in [5.74, 6) is -0.00384. The third-order valence-electron chi connectivity index (χ3n) is 2.14. The predicted octanol–water partition coefficient (Wildman–Crippen LogP) is -0.346. The Morgan fingerprint density at radius 1 is 1.58 bits per heavy atom. The Hall–Kier alpha value is -1.06. The summed E-state index contributed by atoms with van der Waals surface area (Å²) in [7, 11) is 1.76. The average Bonchev–Trinajstić information content (AvgIpc) is 2.20. The molecule has 1 heterocycles. The minimum atomic E-state index is -0.352. The number of nitrogens with zero attached hydrogens (tertiary/aromatic N) is 1. The molecule has 1 atom stereocenters. The summed E-state index contributed by atoms with van der Waals surface area (Å²) < 4.78 is 0. The van der Waals surface area contributed by atoms with Crippen molar-refractivity contribution in [1.82, 2.24) is 10.2 Å². The Morgan fingerprint density at radius 2 is 2.33 bits per heavy atom. The van der Waals surface area contributed by atoms with E-state index in [1.807, 2.05) is 0 Å². The van der Waals surface area contributed by atoms with Crippen molar-refractivity contribution in [2.24, 2.45) is 0 Å². The lowest BCUT2D eigenvalue weighted by atomic mass is 10.1. The van der Waals surface area contributed by atoms with Crippen LogP contribution in [0.5, 0.6) is 0 Å². The normalized spacial score (nSPS) is 24.9. The van der Waals surface area contributed by atoms with Gasteiger partial charge >= 0.3 is 6.41 Å². The Morgan fingerprint density at radius 3 is 3.00 bits per heavy atom. The second-order valence-corrected chi connectivity index (χ2v) is 3.05. The predicted molar refractivity (Wildman–Crippen MR) is 44.1 cm³/mol. The highest BCUT2D eigenvalue weighted by Crippen LogP contribution is 2.09. The van der Waals surface area contributed by atoms with Crippen molar-refractivity contribution in [1.29, 1.82) is 0 Å². The van der Waals surface area contributed by atoms with Crippen molar-refractivity contribution >= 4 is 12.3 Å². The molecule has 1 radical (unpaired) electrons. The van der Waals surface area contributed by atoms with Crippen LogP contribution in [0.25, 0.3) is 0 Å². The maximum atomic E-state index is 11.4. The minimum absolute atomic E-state index is 0.00384. The smallest absolute Gasteiger partial charge is 0.309 e. The number of amides is 2. The van der Waals surface area contributed by atoms with Gasteiger partial charge in [-0.25, -0.2) is 0 Å². The van der Waals surface area contributed by atoms with Crippen molar-refractivity contribution in [2.45, 2.75) is 25.3 Å². The lowest BCUT2D eigenvalue weighted by molar-refractivity contribution is -0.131. The van der Waals surface area contributed by atoms with Gasteiger partial charge in [0.15, 0.2) is 0 Å². The van der Waals surface area contributed by atoms with Crippen LogP contribution in [0, 0.1) is 0 Å². The number of carbonyl (C=O) groups is 1. The monoisotopic (exact) mass is 169 g/mol. The summed E-state index contributed by atoms with van der Waals surface area (Å²) in [6.07, 6.45) is 4.30. The number of nitrogens with one attached hydrogen (secondary N) is 1. The van der Waals surface area contributed by atoms with E-state index < -0.39 is 0 Å². The van der Waals surface area contributed by atoms with Gasteiger partial charge in [-0.05, 0) is 19.3 Å². The molecule has 0 aromatic rings. The fraction of sp³-hybridized carbons (Fsp3) is 0.750. The molecule has 1 aliphatic heterocycles. The summed E-state index contributed by atoms with van der Waals surface area (Å²) in [5.41, 5.74) is 0. The fourth-order valence-corrected chi connectivity index (χ4v) is 1.40. The van der Waals surface area contributed by atoms with Crippen LogP contribution in [0.4, 0.5) is 0 Å². The Balaban J connectivity index is 2.57. The van der Waals surface area contributed by atoms with Crippen molar-refractivity contribution in [3.8, 4) is 0 Å². The van der Waals surface area contributed by atoms with Gasteiger partial charge in [-0.1, -0.05) is 0 Å². The first-order valence-corrected chi connectivity index (χ1v) is 4.13. The number of carbonyl (C=O) groups excluding carboxylic acids is 2. The van der Waals surface area contributed by atoms with Crippen LogP contribution in [0.3, 0.4) is 0 Å². The molecular weight excluding hydrogens is 156 g/mol. The van der Waals surface area contributed by atoms with E-state index in [2.05, 4.69) is 5.32 Å². The zero-order valence-corrected chi connectivity index (χ0v) is 7.17. The van der Waals surface area contributed by atoms with Gasteiger partial charge in [0.05, 0.1) is 0 Å². The highest BCUT2D eigenvalue weighted by atomic mass is 16.2. The lowest BCUT2D eigenvalue weighted by Crippen LogP contribution is -2.42. The van der Waals surface area contributed by atoms with Gasteiger partial charge in [0.1, 0.15) is 6.04 Å². The van der Waals surface area contributed by atoms with Crippen molar-refractivity contribution in [3.05, 3.63) is 0 Å². The van der Waals surface area contributed by atoms with Gasteiger partial charge in [-0.3, -0.25) is 9.59 Å². The molecule has 1 N–H and O–H groups in total. The van der Waals surface area contributed by atoms with E-state index in [0.29, 0.717) is 0 Å². The Labute approximate surface area is 71.9 Å². The largest absolute Gasteiger partial charge is 0.344 e. The molecule has 1 aliphatic rings. The molecule has 0 unspecified atom stereocenters. The molecular formula is C8H13N2O2. The molecule has 4 heteroatoms. The van der Waals surface area contributed by atoms with Gasteiger partial charge in [0, 0.05) is 13.6 Å². The van der Waals surface area contributed by atoms with Crippen LogP contribution in [0.15, 0.2) is 0 Å². The summed E-state index contributed by atoms with van der Waals surface area (Å²) in [6, 6.07) is -0.352. The highest BCUT2D eigenvalue weighted by Gasteiger charge is 2.23. The van der Waals surface area contributed by atoms with Crippen molar-refractivity contribution in [3.63, 3.8) is 0 Å². The molecule has 0 bridgehead atoms. The molecule has 0 aromatic carbocycles. The topological polar surface area (TPSA) is 49.4 Å². The summed E-state index contributed by atoms with van der Waals surface area (Å²) in [6.45, 7) is 0.788. The van der Waals surface area contributed by atoms with E-state index in [4.69, 9.17) is 0 Å². The molecule has 0 aliphatic carbocycles. The van der Waals surface area contributed by atoms with Crippen LogP contribution < -0.4 is 5.32 Å². The Kier molecular flexibility index (Phi) is 3.08. The molecule has 1 fully saturated rings. The maximum absolute atomic E-state index is 11.4. The summed E-state index contributed by atoms with van der Waals surface area (Å²) >= 11 is 0. The van der Waals surface area contributed by atoms with Gasteiger partial charge < -0.3 is 10.2 Å². The molecule has 12 heavy (non-hydrogen) atoms. The first-order chi connectivity index (χ1) is 5.75. The number of hydrogen-bond acceptors (Lipinski definition) is 2. The third kappa shape index (κ3) is 1.96. The lowest BCUT2D eigenvalue weighted by Gasteiger charge is -2.18. The SMILES string of the molecule is CN1CCCC[C@H](N[C]=O)C1=O. The zero-order chi connectivity index (χ0) is 8.97. The first-order valence-electron chi connectivity index (χ1n) is 4.13. The zero-order valence-electron chi connectivity index (χ0n) is 7.17. The number of likely N-dealkylation sites (tertiary alicyclic amines) is 1. The van der Waals surface area contributed by atoms with Crippen LogP contribution in [0.2, 0.25) is 0 Å². The number of likely N-dealkylation sites (N-methyl/N-ethyl adjacent to an activating group) is 1. The van der Waals surface area contributed by atoms with Gasteiger partial charge in [0.25, 0.3) is 0 Å². The van der Waals surface area contributed by atoms with E-state index in [1.165, 1.54) is 0 Å². The van der Waals surface area contributed by atoms with Crippen LogP contribution in [-0.2, 0) is 9.59 Å². The number of hydrogen-bond donors (Lipinski definition) is 1. The van der Waals surface area contributed by atoms with Gasteiger partial charge in [-0.2, -0.15) is 0 Å². The molecule has 1 saturated heterocycles. The van der Waals surface area contributed by atoms with E-state index in [0.717, 1.165) is 25.8 Å². The standard InChI is InChI=1S/C8H13N2O2/c1-10-5-3-2-4-7(8(10)12)9-6-11/h7H,2-5H2,1H3,(H,9,11)/t7-/m0/s1. The van der Waals surface area contributed by atoms with Crippen molar-refractivity contribution in [2.75, 3.05) is 13.6 Å². The first kappa shape index (κ1) is 9.03. The van der Waals surface area contributed by atoms with Crippen LogP contribution >= 0.6 is 0 Å². The van der Waals surface area contributed by atoms with Gasteiger partial charge in [0.2, 0.25) is 5.91 Å². The molecule has 1 rings (SSSR count).